The van der Waals surface area contributed by atoms with Crippen LogP contribution in [0.15, 0.2) is 18.2 Å². The molecule has 1 heterocycles. The molecule has 2 amide bonds. The van der Waals surface area contributed by atoms with Crippen molar-refractivity contribution in [1.82, 2.24) is 10.2 Å². The number of halogens is 1. The van der Waals surface area contributed by atoms with Crippen molar-refractivity contribution in [3.63, 3.8) is 0 Å². The lowest BCUT2D eigenvalue weighted by Gasteiger charge is -2.32. The zero-order valence-corrected chi connectivity index (χ0v) is 16.7. The van der Waals surface area contributed by atoms with Crippen molar-refractivity contribution >= 4 is 35.2 Å². The van der Waals surface area contributed by atoms with Gasteiger partial charge in [-0.2, -0.15) is 11.8 Å². The van der Waals surface area contributed by atoms with Gasteiger partial charge in [-0.3, -0.25) is 9.59 Å². The van der Waals surface area contributed by atoms with Crippen molar-refractivity contribution < 1.29 is 19.1 Å². The monoisotopic (exact) mass is 400 g/mol. The molecule has 1 aromatic carbocycles. The molecule has 1 aliphatic heterocycles. The first-order valence-electron chi connectivity index (χ1n) is 8.55. The number of methoxy groups -OCH3 is 1. The van der Waals surface area contributed by atoms with E-state index < -0.39 is 0 Å². The van der Waals surface area contributed by atoms with Gasteiger partial charge in [-0.1, -0.05) is 11.6 Å². The van der Waals surface area contributed by atoms with Crippen molar-refractivity contribution in [2.75, 3.05) is 45.4 Å². The van der Waals surface area contributed by atoms with Crippen LogP contribution in [0.4, 0.5) is 0 Å². The highest BCUT2D eigenvalue weighted by atomic mass is 35.5. The number of piperidine rings is 1. The SMILES string of the molecule is COCCNC(=O)c1ccc(OC2CCN(C(=O)CSC)CC2)c(Cl)c1. The molecule has 1 aliphatic rings. The summed E-state index contributed by atoms with van der Waals surface area (Å²) in [5, 5.41) is 3.16. The molecule has 26 heavy (non-hydrogen) atoms. The molecule has 1 fully saturated rings. The third-order valence-electron chi connectivity index (χ3n) is 4.14. The number of thioether (sulfide) groups is 1. The average molecular weight is 401 g/mol. The molecule has 0 radical (unpaired) electrons. The lowest BCUT2D eigenvalue weighted by atomic mass is 10.1. The normalized spacial score (nSPS) is 15.0. The van der Waals surface area contributed by atoms with E-state index in [2.05, 4.69) is 5.32 Å². The van der Waals surface area contributed by atoms with Crippen molar-refractivity contribution in [2.24, 2.45) is 0 Å². The molecule has 0 aliphatic carbocycles. The Hall–Kier alpha value is -1.44. The van der Waals surface area contributed by atoms with Crippen molar-refractivity contribution in [2.45, 2.75) is 18.9 Å². The third-order valence-corrected chi connectivity index (χ3v) is 4.97. The zero-order chi connectivity index (χ0) is 18.9. The van der Waals surface area contributed by atoms with Gasteiger partial charge in [0.25, 0.3) is 5.91 Å². The van der Waals surface area contributed by atoms with E-state index in [1.54, 1.807) is 25.3 Å². The Labute approximate surface area is 163 Å². The maximum absolute atomic E-state index is 12.0. The van der Waals surface area contributed by atoms with Gasteiger partial charge in [-0.05, 0) is 24.5 Å². The highest BCUT2D eigenvalue weighted by Crippen LogP contribution is 2.28. The molecular formula is C18H25ClN2O4S. The zero-order valence-electron chi connectivity index (χ0n) is 15.1. The minimum absolute atomic E-state index is 0.0206. The number of rotatable bonds is 8. The predicted octanol–water partition coefficient (Wildman–Crippen LogP) is 2.45. The number of benzene rings is 1. The first kappa shape index (κ1) is 20.9. The highest BCUT2D eigenvalue weighted by Gasteiger charge is 2.24. The van der Waals surface area contributed by atoms with E-state index in [-0.39, 0.29) is 17.9 Å². The van der Waals surface area contributed by atoms with Crippen molar-refractivity contribution in [3.8, 4) is 5.75 Å². The summed E-state index contributed by atoms with van der Waals surface area (Å²) >= 11 is 7.82. The van der Waals surface area contributed by atoms with Crippen LogP contribution in [0.25, 0.3) is 0 Å². The number of hydrogen-bond acceptors (Lipinski definition) is 5. The van der Waals surface area contributed by atoms with Crippen molar-refractivity contribution in [3.05, 3.63) is 28.8 Å². The van der Waals surface area contributed by atoms with Gasteiger partial charge in [-0.15, -0.1) is 0 Å². The number of ether oxygens (including phenoxy) is 2. The number of carbonyl (C=O) groups excluding carboxylic acids is 2. The van der Waals surface area contributed by atoms with Crippen molar-refractivity contribution in [1.29, 1.82) is 0 Å². The highest BCUT2D eigenvalue weighted by molar-refractivity contribution is 7.99. The largest absolute Gasteiger partial charge is 0.489 e. The fraction of sp³-hybridized carbons (Fsp3) is 0.556. The fourth-order valence-electron chi connectivity index (χ4n) is 2.72. The molecule has 1 saturated heterocycles. The van der Waals surface area contributed by atoms with Gasteiger partial charge in [0, 0.05) is 45.1 Å². The Morgan fingerprint density at radius 3 is 2.69 bits per heavy atom. The fourth-order valence-corrected chi connectivity index (χ4v) is 3.38. The molecule has 6 nitrogen and oxygen atoms in total. The van der Waals surface area contributed by atoms with Crippen LogP contribution >= 0.6 is 23.4 Å². The molecule has 1 N–H and O–H groups in total. The molecule has 0 aromatic heterocycles. The van der Waals surface area contributed by atoms with Gasteiger partial charge in [0.15, 0.2) is 0 Å². The number of likely N-dealkylation sites (tertiary alicyclic amines) is 1. The maximum atomic E-state index is 12.0. The first-order chi connectivity index (χ1) is 12.5. The van der Waals surface area contributed by atoms with E-state index in [1.165, 1.54) is 11.8 Å². The molecule has 0 bridgehead atoms. The standard InChI is InChI=1S/C18H25ClN2O4S/c1-24-10-7-20-18(23)13-3-4-16(15(19)11-13)25-14-5-8-21(9-6-14)17(22)12-26-2/h3-4,11,14H,5-10,12H2,1-2H3,(H,20,23). The molecule has 8 heteroatoms. The Kier molecular flexibility index (Phi) is 8.54. The van der Waals surface area contributed by atoms with Gasteiger partial charge in [0.1, 0.15) is 11.9 Å². The van der Waals surface area contributed by atoms with E-state index in [9.17, 15) is 9.59 Å². The predicted molar refractivity (Wildman–Crippen MR) is 104 cm³/mol. The first-order valence-corrected chi connectivity index (χ1v) is 10.3. The molecule has 1 aromatic rings. The van der Waals surface area contributed by atoms with Crippen LogP contribution in [0, 0.1) is 0 Å². The van der Waals surface area contributed by atoms with E-state index in [0.29, 0.717) is 48.3 Å². The summed E-state index contributed by atoms with van der Waals surface area (Å²) in [6.07, 6.45) is 3.50. The van der Waals surface area contributed by atoms with Crippen LogP contribution in [0.1, 0.15) is 23.2 Å². The summed E-state index contributed by atoms with van der Waals surface area (Å²) in [4.78, 5) is 25.8. The van der Waals surface area contributed by atoms with Gasteiger partial charge < -0.3 is 19.7 Å². The lowest BCUT2D eigenvalue weighted by molar-refractivity contribution is -0.130. The molecule has 0 atom stereocenters. The minimum Gasteiger partial charge on any atom is -0.489 e. The second kappa shape index (κ2) is 10.6. The third kappa shape index (κ3) is 6.07. The maximum Gasteiger partial charge on any atom is 0.251 e. The van der Waals surface area contributed by atoms with Gasteiger partial charge in [0.05, 0.1) is 17.4 Å². The summed E-state index contributed by atoms with van der Waals surface area (Å²) < 4.78 is 10.9. The number of nitrogens with one attached hydrogen (secondary N) is 1. The second-order valence-electron chi connectivity index (χ2n) is 6.02. The number of nitrogens with zero attached hydrogens (tertiary/aromatic N) is 1. The minimum atomic E-state index is -0.198. The van der Waals surface area contributed by atoms with Crippen LogP contribution in [0.3, 0.4) is 0 Å². The number of carbonyl (C=O) groups is 2. The Balaban J connectivity index is 1.87. The molecule has 0 spiro atoms. The van der Waals surface area contributed by atoms with Crippen LogP contribution in [-0.4, -0.2) is 68.2 Å². The van der Waals surface area contributed by atoms with Gasteiger partial charge in [-0.25, -0.2) is 0 Å². The van der Waals surface area contributed by atoms with Crippen LogP contribution < -0.4 is 10.1 Å². The van der Waals surface area contributed by atoms with E-state index in [4.69, 9.17) is 21.1 Å². The van der Waals surface area contributed by atoms with Crippen LogP contribution in [-0.2, 0) is 9.53 Å². The van der Waals surface area contributed by atoms with Gasteiger partial charge >= 0.3 is 0 Å². The lowest BCUT2D eigenvalue weighted by Crippen LogP contribution is -2.42. The van der Waals surface area contributed by atoms with E-state index in [1.807, 2.05) is 11.2 Å². The molecule has 0 unspecified atom stereocenters. The molecule has 144 valence electrons. The Bertz CT molecular complexity index is 621. The van der Waals surface area contributed by atoms with Crippen LogP contribution in [0.2, 0.25) is 5.02 Å². The second-order valence-corrected chi connectivity index (χ2v) is 7.30. The Morgan fingerprint density at radius 1 is 1.35 bits per heavy atom. The summed E-state index contributed by atoms with van der Waals surface area (Å²) in [6, 6.07) is 5.02. The quantitative estimate of drug-likeness (QED) is 0.679. The van der Waals surface area contributed by atoms with Gasteiger partial charge in [0.2, 0.25) is 5.91 Å². The van der Waals surface area contributed by atoms with Crippen LogP contribution in [0.5, 0.6) is 5.75 Å². The average Bonchev–Trinajstić information content (AvgIpc) is 2.64. The summed E-state index contributed by atoms with van der Waals surface area (Å²) in [5.41, 5.74) is 0.482. The molecule has 0 saturated carbocycles. The number of amides is 2. The topological polar surface area (TPSA) is 67.9 Å². The van der Waals surface area contributed by atoms with E-state index >= 15 is 0 Å². The smallest absolute Gasteiger partial charge is 0.251 e. The summed E-state index contributed by atoms with van der Waals surface area (Å²) in [6.45, 7) is 2.29. The molecular weight excluding hydrogens is 376 g/mol. The number of hydrogen-bond donors (Lipinski definition) is 1. The molecule has 2 rings (SSSR count). The van der Waals surface area contributed by atoms with E-state index in [0.717, 1.165) is 12.8 Å². The Morgan fingerprint density at radius 2 is 2.08 bits per heavy atom. The summed E-state index contributed by atoms with van der Waals surface area (Å²) in [7, 11) is 1.58. The summed E-state index contributed by atoms with van der Waals surface area (Å²) in [5.74, 6) is 1.06.